The van der Waals surface area contributed by atoms with E-state index in [1.54, 1.807) is 26.0 Å². The third kappa shape index (κ3) is 4.04. The van der Waals surface area contributed by atoms with E-state index in [0.29, 0.717) is 0 Å². The van der Waals surface area contributed by atoms with E-state index >= 15 is 0 Å². The lowest BCUT2D eigenvalue weighted by Crippen LogP contribution is -2.25. The highest BCUT2D eigenvalue weighted by Crippen LogP contribution is 2.16. The lowest BCUT2D eigenvalue weighted by atomic mass is 10.2. The van der Waals surface area contributed by atoms with Gasteiger partial charge in [-0.15, -0.1) is 0 Å². The molecule has 2 N–H and O–H groups in total. The van der Waals surface area contributed by atoms with Gasteiger partial charge in [0.15, 0.2) is 9.84 Å². The maximum absolute atomic E-state index is 12.0. The fourth-order valence-corrected chi connectivity index (χ4v) is 2.87. The van der Waals surface area contributed by atoms with Crippen LogP contribution < -0.4 is 10.9 Å². The first-order valence-corrected chi connectivity index (χ1v) is 8.52. The van der Waals surface area contributed by atoms with Crippen LogP contribution >= 0.6 is 0 Å². The van der Waals surface area contributed by atoms with Gasteiger partial charge in [-0.1, -0.05) is 12.1 Å². The number of nitrogens with zero attached hydrogens (tertiary/aromatic N) is 1. The molecule has 0 unspecified atom stereocenters. The number of H-pyrrole nitrogens is 1. The smallest absolute Gasteiger partial charge is 0.271 e. The number of hydrogen-bond acceptors (Lipinski definition) is 5. The van der Waals surface area contributed by atoms with E-state index in [-0.39, 0.29) is 22.7 Å². The molecule has 0 radical (unpaired) electrons. The van der Waals surface area contributed by atoms with Crippen molar-refractivity contribution in [3.63, 3.8) is 0 Å². The third-order valence-corrected chi connectivity index (χ3v) is 5.41. The summed E-state index contributed by atoms with van der Waals surface area (Å²) in [4.78, 5) is 23.0. The Bertz CT molecular complexity index is 835. The molecule has 0 spiro atoms. The Morgan fingerprint density at radius 2 is 1.83 bits per heavy atom. The molecule has 0 fully saturated rings. The molecule has 0 saturated carbocycles. The van der Waals surface area contributed by atoms with Gasteiger partial charge in [-0.05, 0) is 37.6 Å². The second kappa shape index (κ2) is 6.74. The van der Waals surface area contributed by atoms with Crippen LogP contribution in [0.2, 0.25) is 0 Å². The van der Waals surface area contributed by atoms with E-state index in [1.165, 1.54) is 24.3 Å². The molecule has 1 aromatic carbocycles. The fourth-order valence-electron chi connectivity index (χ4n) is 1.81. The monoisotopic (exact) mass is 335 g/mol. The van der Waals surface area contributed by atoms with Crippen molar-refractivity contribution in [2.45, 2.75) is 30.5 Å². The van der Waals surface area contributed by atoms with Crippen molar-refractivity contribution in [2.75, 3.05) is 0 Å². The number of hydrogen-bond donors (Lipinski definition) is 2. The summed E-state index contributed by atoms with van der Waals surface area (Å²) in [7, 11) is -3.30. The van der Waals surface area contributed by atoms with Gasteiger partial charge in [0, 0.05) is 12.6 Å². The molecule has 0 atom stereocenters. The summed E-state index contributed by atoms with van der Waals surface area (Å²) in [6, 6.07) is 8.88. The van der Waals surface area contributed by atoms with Gasteiger partial charge in [0.2, 0.25) is 0 Å². The Labute approximate surface area is 133 Å². The zero-order chi connectivity index (χ0) is 17.0. The number of aromatic nitrogens is 2. The van der Waals surface area contributed by atoms with Crippen molar-refractivity contribution < 1.29 is 13.2 Å². The fraction of sp³-hybridized carbons (Fsp3) is 0.267. The summed E-state index contributed by atoms with van der Waals surface area (Å²) in [5.74, 6) is -0.430. The average Bonchev–Trinajstić information content (AvgIpc) is 2.53. The zero-order valence-electron chi connectivity index (χ0n) is 12.7. The zero-order valence-corrected chi connectivity index (χ0v) is 13.6. The van der Waals surface area contributed by atoms with E-state index in [0.717, 1.165) is 5.56 Å². The van der Waals surface area contributed by atoms with E-state index in [4.69, 9.17) is 0 Å². The second-order valence-corrected chi connectivity index (χ2v) is 7.73. The minimum absolute atomic E-state index is 0.101. The van der Waals surface area contributed by atoms with Crippen LogP contribution in [-0.2, 0) is 16.4 Å². The number of rotatable bonds is 5. The number of carbonyl (C=O) groups excluding carboxylic acids is 1. The number of benzene rings is 1. The van der Waals surface area contributed by atoms with Crippen LogP contribution in [0.15, 0.2) is 46.1 Å². The Kier molecular flexibility index (Phi) is 4.95. The molecule has 0 aliphatic heterocycles. The van der Waals surface area contributed by atoms with Crippen molar-refractivity contribution in [2.24, 2.45) is 0 Å². The van der Waals surface area contributed by atoms with Crippen LogP contribution in [0.3, 0.4) is 0 Å². The summed E-state index contributed by atoms with van der Waals surface area (Å²) >= 11 is 0. The van der Waals surface area contributed by atoms with Crippen LogP contribution in [0.4, 0.5) is 0 Å². The molecular weight excluding hydrogens is 318 g/mol. The quantitative estimate of drug-likeness (QED) is 0.843. The Morgan fingerprint density at radius 1 is 1.17 bits per heavy atom. The predicted octanol–water partition coefficient (Wildman–Crippen LogP) is 0.882. The molecule has 0 aliphatic rings. The third-order valence-electron chi connectivity index (χ3n) is 3.24. The Balaban J connectivity index is 2.03. The summed E-state index contributed by atoms with van der Waals surface area (Å²) in [6.07, 6.45) is 0. The Hall–Kier alpha value is -2.48. The first-order chi connectivity index (χ1) is 10.8. The van der Waals surface area contributed by atoms with Crippen LogP contribution in [0.1, 0.15) is 29.9 Å². The van der Waals surface area contributed by atoms with Crippen LogP contribution in [-0.4, -0.2) is 29.8 Å². The van der Waals surface area contributed by atoms with Crippen LogP contribution in [0.5, 0.6) is 0 Å². The molecule has 1 aromatic heterocycles. The SMILES string of the molecule is CC(C)S(=O)(=O)c1ccc(CNC(=O)c2ccc(=O)[nH]n2)cc1. The molecule has 1 amide bonds. The summed E-state index contributed by atoms with van der Waals surface area (Å²) in [5, 5.41) is 7.96. The molecule has 0 saturated heterocycles. The average molecular weight is 335 g/mol. The van der Waals surface area contributed by atoms with E-state index in [2.05, 4.69) is 15.5 Å². The normalized spacial score (nSPS) is 11.4. The van der Waals surface area contributed by atoms with Gasteiger partial charge in [-0.25, -0.2) is 13.5 Å². The highest BCUT2D eigenvalue weighted by molar-refractivity contribution is 7.92. The largest absolute Gasteiger partial charge is 0.347 e. The number of nitrogens with one attached hydrogen (secondary N) is 2. The topological polar surface area (TPSA) is 109 Å². The molecule has 7 nitrogen and oxygen atoms in total. The number of carbonyl (C=O) groups is 1. The van der Waals surface area contributed by atoms with Crippen molar-refractivity contribution in [3.05, 3.63) is 58.0 Å². The van der Waals surface area contributed by atoms with Gasteiger partial charge in [-0.2, -0.15) is 5.10 Å². The van der Waals surface area contributed by atoms with Gasteiger partial charge >= 0.3 is 0 Å². The maximum atomic E-state index is 12.0. The molecule has 2 aromatic rings. The van der Waals surface area contributed by atoms with Gasteiger partial charge in [0.25, 0.3) is 11.5 Å². The highest BCUT2D eigenvalue weighted by atomic mass is 32.2. The van der Waals surface area contributed by atoms with Crippen LogP contribution in [0, 0.1) is 0 Å². The molecule has 1 heterocycles. The minimum atomic E-state index is -3.30. The minimum Gasteiger partial charge on any atom is -0.347 e. The van der Waals surface area contributed by atoms with Crippen LogP contribution in [0.25, 0.3) is 0 Å². The van der Waals surface area contributed by atoms with E-state index in [1.807, 2.05) is 0 Å². The van der Waals surface area contributed by atoms with Gasteiger partial charge in [0.05, 0.1) is 10.1 Å². The van der Waals surface area contributed by atoms with Gasteiger partial charge < -0.3 is 5.32 Å². The maximum Gasteiger partial charge on any atom is 0.271 e. The van der Waals surface area contributed by atoms with Crippen molar-refractivity contribution >= 4 is 15.7 Å². The standard InChI is InChI=1S/C15H17N3O4S/c1-10(2)23(21,22)12-5-3-11(4-6-12)9-16-15(20)13-7-8-14(19)18-17-13/h3-8,10H,9H2,1-2H3,(H,16,20)(H,18,19). The Morgan fingerprint density at radius 3 is 2.35 bits per heavy atom. The van der Waals surface area contributed by atoms with Crippen molar-refractivity contribution in [3.8, 4) is 0 Å². The first kappa shape index (κ1) is 16.9. The summed E-state index contributed by atoms with van der Waals surface area (Å²) < 4.78 is 24.0. The molecule has 122 valence electrons. The molecule has 0 aliphatic carbocycles. The van der Waals surface area contributed by atoms with E-state index in [9.17, 15) is 18.0 Å². The second-order valence-electron chi connectivity index (χ2n) is 5.23. The lowest BCUT2D eigenvalue weighted by molar-refractivity contribution is 0.0944. The molecular formula is C15H17N3O4S. The molecule has 8 heteroatoms. The summed E-state index contributed by atoms with van der Waals surface area (Å²) in [6.45, 7) is 3.48. The highest BCUT2D eigenvalue weighted by Gasteiger charge is 2.18. The number of amides is 1. The number of aromatic amines is 1. The van der Waals surface area contributed by atoms with Gasteiger partial charge in [0.1, 0.15) is 5.69 Å². The van der Waals surface area contributed by atoms with Gasteiger partial charge in [-0.3, -0.25) is 9.59 Å². The first-order valence-electron chi connectivity index (χ1n) is 6.97. The van der Waals surface area contributed by atoms with Crippen molar-refractivity contribution in [1.29, 1.82) is 0 Å². The van der Waals surface area contributed by atoms with Crippen molar-refractivity contribution in [1.82, 2.24) is 15.5 Å². The summed E-state index contributed by atoms with van der Waals surface area (Å²) in [5.41, 5.74) is 0.470. The van der Waals surface area contributed by atoms with E-state index < -0.39 is 21.0 Å². The molecule has 23 heavy (non-hydrogen) atoms. The lowest BCUT2D eigenvalue weighted by Gasteiger charge is -2.09. The number of sulfone groups is 1. The molecule has 2 rings (SSSR count). The molecule has 0 bridgehead atoms. The predicted molar refractivity (Wildman–Crippen MR) is 84.8 cm³/mol.